The van der Waals surface area contributed by atoms with Crippen LogP contribution >= 0.6 is 0 Å². The molecular formula is C20H23NO2. The average molecular weight is 309 g/mol. The molecule has 2 aromatic rings. The van der Waals surface area contributed by atoms with Crippen LogP contribution in [0.15, 0.2) is 42.5 Å². The Hall–Kier alpha value is -2.29. The highest BCUT2D eigenvalue weighted by atomic mass is 16.5. The van der Waals surface area contributed by atoms with Gasteiger partial charge in [0.15, 0.2) is 0 Å². The van der Waals surface area contributed by atoms with Gasteiger partial charge in [0.05, 0.1) is 7.11 Å². The largest absolute Gasteiger partial charge is 0.496 e. The topological polar surface area (TPSA) is 38.3 Å². The third kappa shape index (κ3) is 3.39. The molecule has 3 rings (SSSR count). The second-order valence-electron chi connectivity index (χ2n) is 6.41. The van der Waals surface area contributed by atoms with Gasteiger partial charge in [0.2, 0.25) is 0 Å². The number of ether oxygens (including phenoxy) is 1. The van der Waals surface area contributed by atoms with Gasteiger partial charge in [-0.05, 0) is 55.9 Å². The van der Waals surface area contributed by atoms with Gasteiger partial charge in [0.1, 0.15) is 5.75 Å². The number of amides is 1. The molecule has 0 aromatic heterocycles. The summed E-state index contributed by atoms with van der Waals surface area (Å²) >= 11 is 0. The molecule has 0 atom stereocenters. The Morgan fingerprint density at radius 1 is 1.17 bits per heavy atom. The molecular weight excluding hydrogens is 286 g/mol. The van der Waals surface area contributed by atoms with Gasteiger partial charge < -0.3 is 10.1 Å². The van der Waals surface area contributed by atoms with Crippen LogP contribution in [-0.2, 0) is 0 Å². The zero-order chi connectivity index (χ0) is 16.4. The van der Waals surface area contributed by atoms with E-state index in [1.807, 2.05) is 50.2 Å². The summed E-state index contributed by atoms with van der Waals surface area (Å²) in [6, 6.07) is 14.2. The first-order chi connectivity index (χ1) is 11.1. The summed E-state index contributed by atoms with van der Waals surface area (Å²) in [6.45, 7) is 3.96. The third-order valence-electron chi connectivity index (χ3n) is 4.14. The predicted molar refractivity (Wildman–Crippen MR) is 93.0 cm³/mol. The third-order valence-corrected chi connectivity index (χ3v) is 4.14. The summed E-state index contributed by atoms with van der Waals surface area (Å²) < 4.78 is 5.60. The maximum absolute atomic E-state index is 12.6. The summed E-state index contributed by atoms with van der Waals surface area (Å²) in [5.74, 6) is 1.32. The van der Waals surface area contributed by atoms with E-state index in [1.54, 1.807) is 7.11 Å². The van der Waals surface area contributed by atoms with Crippen LogP contribution in [0.2, 0.25) is 0 Å². The maximum Gasteiger partial charge on any atom is 0.251 e. The van der Waals surface area contributed by atoms with E-state index in [0.717, 1.165) is 40.8 Å². The van der Waals surface area contributed by atoms with Crippen LogP contribution in [0.3, 0.4) is 0 Å². The van der Waals surface area contributed by atoms with Crippen LogP contribution in [0, 0.1) is 0 Å². The molecule has 0 radical (unpaired) electrons. The first kappa shape index (κ1) is 15.6. The molecule has 0 saturated heterocycles. The average Bonchev–Trinajstić information content (AvgIpc) is 3.38. The van der Waals surface area contributed by atoms with Crippen LogP contribution in [0.5, 0.6) is 5.75 Å². The molecule has 1 amide bonds. The number of carbonyl (C=O) groups excluding carboxylic acids is 1. The fourth-order valence-electron chi connectivity index (χ4n) is 2.88. The lowest BCUT2D eigenvalue weighted by molar-refractivity contribution is 0.0942. The van der Waals surface area contributed by atoms with Gasteiger partial charge in [-0.2, -0.15) is 0 Å². The molecule has 1 fully saturated rings. The summed E-state index contributed by atoms with van der Waals surface area (Å²) in [5.41, 5.74) is 3.91. The Morgan fingerprint density at radius 3 is 2.43 bits per heavy atom. The van der Waals surface area contributed by atoms with E-state index in [2.05, 4.69) is 11.4 Å². The van der Waals surface area contributed by atoms with Gasteiger partial charge in [-0.1, -0.05) is 30.3 Å². The smallest absolute Gasteiger partial charge is 0.251 e. The molecule has 0 spiro atoms. The van der Waals surface area contributed by atoms with Crippen molar-refractivity contribution >= 4 is 5.91 Å². The van der Waals surface area contributed by atoms with E-state index in [1.165, 1.54) is 0 Å². The predicted octanol–water partition coefficient (Wildman–Crippen LogP) is 4.38. The lowest BCUT2D eigenvalue weighted by Gasteiger charge is -2.17. The Morgan fingerprint density at radius 2 is 1.87 bits per heavy atom. The maximum atomic E-state index is 12.6. The molecule has 1 saturated carbocycles. The van der Waals surface area contributed by atoms with E-state index in [-0.39, 0.29) is 11.9 Å². The molecule has 2 aromatic carbocycles. The van der Waals surface area contributed by atoms with E-state index in [0.29, 0.717) is 5.92 Å². The van der Waals surface area contributed by atoms with Gasteiger partial charge in [0.25, 0.3) is 5.91 Å². The zero-order valence-corrected chi connectivity index (χ0v) is 13.9. The summed E-state index contributed by atoms with van der Waals surface area (Å²) in [7, 11) is 1.69. The van der Waals surface area contributed by atoms with E-state index >= 15 is 0 Å². The van der Waals surface area contributed by atoms with Crippen molar-refractivity contribution in [1.82, 2.24) is 5.32 Å². The van der Waals surface area contributed by atoms with Crippen molar-refractivity contribution in [2.45, 2.75) is 38.6 Å². The summed E-state index contributed by atoms with van der Waals surface area (Å²) in [5, 5.41) is 3.02. The van der Waals surface area contributed by atoms with Gasteiger partial charge in [-0.25, -0.2) is 0 Å². The van der Waals surface area contributed by atoms with Crippen LogP contribution in [0.1, 0.15) is 48.5 Å². The zero-order valence-electron chi connectivity index (χ0n) is 13.9. The van der Waals surface area contributed by atoms with Crippen molar-refractivity contribution in [1.29, 1.82) is 0 Å². The van der Waals surface area contributed by atoms with Crippen LogP contribution in [0.25, 0.3) is 11.1 Å². The first-order valence-corrected chi connectivity index (χ1v) is 8.18. The molecule has 1 N–H and O–H groups in total. The fourth-order valence-corrected chi connectivity index (χ4v) is 2.88. The monoisotopic (exact) mass is 309 g/mol. The van der Waals surface area contributed by atoms with E-state index in [4.69, 9.17) is 4.74 Å². The number of nitrogens with one attached hydrogen (secondary N) is 1. The van der Waals surface area contributed by atoms with Crippen LogP contribution < -0.4 is 10.1 Å². The highest BCUT2D eigenvalue weighted by Gasteiger charge is 2.30. The molecule has 1 aliphatic carbocycles. The van der Waals surface area contributed by atoms with E-state index < -0.39 is 0 Å². The molecule has 0 unspecified atom stereocenters. The van der Waals surface area contributed by atoms with Gasteiger partial charge >= 0.3 is 0 Å². The molecule has 120 valence electrons. The quantitative estimate of drug-likeness (QED) is 0.890. The van der Waals surface area contributed by atoms with Crippen molar-refractivity contribution in [2.24, 2.45) is 0 Å². The van der Waals surface area contributed by atoms with Crippen LogP contribution in [-0.4, -0.2) is 19.1 Å². The minimum Gasteiger partial charge on any atom is -0.496 e. The molecule has 3 nitrogen and oxygen atoms in total. The molecule has 3 heteroatoms. The number of carbonyl (C=O) groups is 1. The SMILES string of the molecule is COc1cc(C2CC2)c(C(=O)NC(C)C)cc1-c1ccccc1. The minimum absolute atomic E-state index is 0.00161. The highest BCUT2D eigenvalue weighted by Crippen LogP contribution is 2.45. The molecule has 23 heavy (non-hydrogen) atoms. The van der Waals surface area contributed by atoms with Gasteiger partial charge in [-0.3, -0.25) is 4.79 Å². The lowest BCUT2D eigenvalue weighted by atomic mass is 9.95. The van der Waals surface area contributed by atoms with Crippen molar-refractivity contribution in [2.75, 3.05) is 7.11 Å². The molecule has 1 aliphatic rings. The number of methoxy groups -OCH3 is 1. The Bertz CT molecular complexity index is 703. The molecule has 0 bridgehead atoms. The first-order valence-electron chi connectivity index (χ1n) is 8.18. The number of hydrogen-bond acceptors (Lipinski definition) is 2. The normalized spacial score (nSPS) is 13.9. The van der Waals surface area contributed by atoms with Gasteiger partial charge in [0, 0.05) is 17.2 Å². The number of benzene rings is 2. The molecule has 0 heterocycles. The second-order valence-corrected chi connectivity index (χ2v) is 6.41. The Balaban J connectivity index is 2.11. The highest BCUT2D eigenvalue weighted by molar-refractivity contribution is 5.98. The lowest BCUT2D eigenvalue weighted by Crippen LogP contribution is -2.30. The van der Waals surface area contributed by atoms with Crippen molar-refractivity contribution in [3.05, 3.63) is 53.6 Å². The van der Waals surface area contributed by atoms with E-state index in [9.17, 15) is 4.79 Å². The van der Waals surface area contributed by atoms with Gasteiger partial charge in [-0.15, -0.1) is 0 Å². The number of hydrogen-bond donors (Lipinski definition) is 1. The van der Waals surface area contributed by atoms with Crippen LogP contribution in [0.4, 0.5) is 0 Å². The standard InChI is InChI=1S/C20H23NO2/c1-13(2)21-20(22)18-11-17(14-7-5-4-6-8-14)19(23-3)12-16(18)15-9-10-15/h4-8,11-13,15H,9-10H2,1-3H3,(H,21,22). The second kappa shape index (κ2) is 6.45. The molecule has 0 aliphatic heterocycles. The fraction of sp³-hybridized carbons (Fsp3) is 0.350. The Labute approximate surface area is 137 Å². The summed E-state index contributed by atoms with van der Waals surface area (Å²) in [4.78, 5) is 12.6. The number of rotatable bonds is 5. The van der Waals surface area contributed by atoms with Crippen molar-refractivity contribution < 1.29 is 9.53 Å². The minimum atomic E-state index is 0.00161. The Kier molecular flexibility index (Phi) is 4.37. The van der Waals surface area contributed by atoms with Crippen molar-refractivity contribution in [3.8, 4) is 16.9 Å². The van der Waals surface area contributed by atoms with Crippen molar-refractivity contribution in [3.63, 3.8) is 0 Å². The summed E-state index contributed by atoms with van der Waals surface area (Å²) in [6.07, 6.45) is 2.30.